The summed E-state index contributed by atoms with van der Waals surface area (Å²) in [5, 5.41) is 3.36. The molecular weight excluding hydrogens is 204 g/mol. The van der Waals surface area contributed by atoms with Crippen molar-refractivity contribution in [1.29, 1.82) is 0 Å². The molecule has 1 unspecified atom stereocenters. The van der Waals surface area contributed by atoms with Crippen LogP contribution in [0.2, 0.25) is 0 Å². The lowest BCUT2D eigenvalue weighted by molar-refractivity contribution is 0.715. The minimum atomic E-state index is 0.440. The van der Waals surface area contributed by atoms with Gasteiger partial charge in [-0.3, -0.25) is 0 Å². The molecule has 0 amide bonds. The predicted molar refractivity (Wildman–Crippen MR) is 68.5 cm³/mol. The van der Waals surface area contributed by atoms with Crippen LogP contribution in [0.3, 0.4) is 0 Å². The van der Waals surface area contributed by atoms with Gasteiger partial charge >= 0.3 is 0 Å². The van der Waals surface area contributed by atoms with Crippen LogP contribution in [-0.2, 0) is 0 Å². The number of anilines is 1. The minimum absolute atomic E-state index is 0.440. The number of thioether (sulfide) groups is 1. The number of nitrogens with zero attached hydrogens (tertiary/aromatic N) is 1. The molecule has 0 aliphatic carbocycles. The number of allylic oxidation sites excluding steroid dienone is 1. The fourth-order valence-corrected chi connectivity index (χ4v) is 1.64. The fraction of sp³-hybridized carbons (Fsp3) is 0.417. The van der Waals surface area contributed by atoms with Crippen LogP contribution in [-0.4, -0.2) is 17.3 Å². The summed E-state index contributed by atoms with van der Waals surface area (Å²) in [6.45, 7) is 5.88. The third-order valence-electron chi connectivity index (χ3n) is 2.17. The van der Waals surface area contributed by atoms with Crippen molar-refractivity contribution in [2.45, 2.75) is 30.7 Å². The van der Waals surface area contributed by atoms with Gasteiger partial charge in [0.25, 0.3) is 0 Å². The molecule has 1 N–H and O–H groups in total. The van der Waals surface area contributed by atoms with E-state index in [0.29, 0.717) is 6.04 Å². The molecule has 15 heavy (non-hydrogen) atoms. The number of aromatic nitrogens is 1. The summed E-state index contributed by atoms with van der Waals surface area (Å²) >= 11 is 1.71. The van der Waals surface area contributed by atoms with E-state index >= 15 is 0 Å². The molecule has 0 aromatic carbocycles. The molecule has 1 atom stereocenters. The van der Waals surface area contributed by atoms with Crippen LogP contribution >= 0.6 is 11.8 Å². The Balaban J connectivity index is 2.45. The molecular formula is C12H18N2S. The lowest BCUT2D eigenvalue weighted by Crippen LogP contribution is -2.15. The Kier molecular flexibility index (Phi) is 5.26. The number of pyridine rings is 1. The highest BCUT2D eigenvalue weighted by molar-refractivity contribution is 7.98. The van der Waals surface area contributed by atoms with Crippen molar-refractivity contribution >= 4 is 17.6 Å². The highest BCUT2D eigenvalue weighted by Crippen LogP contribution is 2.15. The minimum Gasteiger partial charge on any atom is -0.368 e. The zero-order valence-corrected chi connectivity index (χ0v) is 10.2. The highest BCUT2D eigenvalue weighted by Gasteiger charge is 2.01. The summed E-state index contributed by atoms with van der Waals surface area (Å²) in [5.41, 5.74) is 0. The number of nitrogens with one attached hydrogen (secondary N) is 1. The lowest BCUT2D eigenvalue weighted by atomic mass is 10.2. The van der Waals surface area contributed by atoms with Gasteiger partial charge < -0.3 is 5.32 Å². The predicted octanol–water partition coefficient (Wildman–Crippen LogP) is 3.57. The average Bonchev–Trinajstić information content (AvgIpc) is 2.27. The van der Waals surface area contributed by atoms with E-state index < -0.39 is 0 Å². The summed E-state index contributed by atoms with van der Waals surface area (Å²) in [4.78, 5) is 5.53. The van der Waals surface area contributed by atoms with Gasteiger partial charge in [0.2, 0.25) is 0 Å². The second-order valence-electron chi connectivity index (χ2n) is 3.49. The van der Waals surface area contributed by atoms with Gasteiger partial charge in [-0.1, -0.05) is 6.08 Å². The Hall–Kier alpha value is -0.960. The Bertz CT molecular complexity index is 295. The molecule has 1 rings (SSSR count). The summed E-state index contributed by atoms with van der Waals surface area (Å²) in [5.74, 6) is 0.948. The van der Waals surface area contributed by atoms with Crippen LogP contribution in [0.1, 0.15) is 19.8 Å². The third-order valence-corrected chi connectivity index (χ3v) is 2.88. The second kappa shape index (κ2) is 6.51. The molecule has 1 heterocycles. The Morgan fingerprint density at radius 1 is 1.60 bits per heavy atom. The maximum absolute atomic E-state index is 4.34. The molecule has 0 saturated heterocycles. The quantitative estimate of drug-likeness (QED) is 0.588. The average molecular weight is 222 g/mol. The van der Waals surface area contributed by atoms with Crippen LogP contribution in [0.5, 0.6) is 0 Å². The van der Waals surface area contributed by atoms with Crippen molar-refractivity contribution in [2.75, 3.05) is 11.6 Å². The molecule has 0 spiro atoms. The van der Waals surface area contributed by atoms with Crippen LogP contribution in [0, 0.1) is 0 Å². The van der Waals surface area contributed by atoms with E-state index in [9.17, 15) is 0 Å². The largest absolute Gasteiger partial charge is 0.368 e. The summed E-state index contributed by atoms with van der Waals surface area (Å²) < 4.78 is 0. The molecule has 0 aliphatic heterocycles. The van der Waals surface area contributed by atoms with E-state index in [-0.39, 0.29) is 0 Å². The van der Waals surface area contributed by atoms with E-state index in [1.165, 1.54) is 4.90 Å². The zero-order valence-electron chi connectivity index (χ0n) is 9.36. The standard InChI is InChI=1S/C12H18N2S/c1-4-5-6-10(2)14-12-8-7-11(15-3)9-13-12/h4,7-10H,1,5-6H2,2-3H3,(H,13,14). The van der Waals surface area contributed by atoms with E-state index in [4.69, 9.17) is 0 Å². The van der Waals surface area contributed by atoms with E-state index in [2.05, 4.69) is 36.1 Å². The first-order valence-corrected chi connectivity index (χ1v) is 6.36. The van der Waals surface area contributed by atoms with Crippen molar-refractivity contribution in [1.82, 2.24) is 4.98 Å². The van der Waals surface area contributed by atoms with Crippen molar-refractivity contribution in [2.24, 2.45) is 0 Å². The van der Waals surface area contributed by atoms with Gasteiger partial charge in [0.1, 0.15) is 5.82 Å². The Morgan fingerprint density at radius 3 is 2.93 bits per heavy atom. The second-order valence-corrected chi connectivity index (χ2v) is 4.37. The first-order chi connectivity index (χ1) is 7.26. The lowest BCUT2D eigenvalue weighted by Gasteiger charge is -2.13. The number of hydrogen-bond donors (Lipinski definition) is 1. The first-order valence-electron chi connectivity index (χ1n) is 5.13. The normalized spacial score (nSPS) is 12.1. The SMILES string of the molecule is C=CCCC(C)Nc1ccc(SC)cn1. The summed E-state index contributed by atoms with van der Waals surface area (Å²) in [6.07, 6.45) is 8.03. The number of rotatable bonds is 6. The number of hydrogen-bond acceptors (Lipinski definition) is 3. The molecule has 0 aliphatic rings. The van der Waals surface area contributed by atoms with Crippen LogP contribution in [0.25, 0.3) is 0 Å². The highest BCUT2D eigenvalue weighted by atomic mass is 32.2. The van der Waals surface area contributed by atoms with Gasteiger partial charge in [-0.15, -0.1) is 18.3 Å². The first kappa shape index (κ1) is 12.1. The zero-order chi connectivity index (χ0) is 11.1. The molecule has 0 fully saturated rings. The van der Waals surface area contributed by atoms with Crippen LogP contribution in [0.15, 0.2) is 35.9 Å². The molecule has 3 heteroatoms. The van der Waals surface area contributed by atoms with Gasteiger partial charge in [-0.25, -0.2) is 4.98 Å². The molecule has 2 nitrogen and oxygen atoms in total. The fourth-order valence-electron chi connectivity index (χ4n) is 1.28. The molecule has 0 bridgehead atoms. The van der Waals surface area contributed by atoms with Gasteiger partial charge in [0.05, 0.1) is 0 Å². The molecule has 1 aromatic rings. The molecule has 0 radical (unpaired) electrons. The molecule has 0 saturated carbocycles. The van der Waals surface area contributed by atoms with Crippen molar-refractivity contribution in [3.63, 3.8) is 0 Å². The van der Waals surface area contributed by atoms with Crippen molar-refractivity contribution in [3.05, 3.63) is 31.0 Å². The van der Waals surface area contributed by atoms with Gasteiger partial charge in [0, 0.05) is 17.1 Å². The maximum Gasteiger partial charge on any atom is 0.126 e. The van der Waals surface area contributed by atoms with E-state index in [1.54, 1.807) is 11.8 Å². The Morgan fingerprint density at radius 2 is 2.40 bits per heavy atom. The summed E-state index contributed by atoms with van der Waals surface area (Å²) in [7, 11) is 0. The smallest absolute Gasteiger partial charge is 0.126 e. The van der Waals surface area contributed by atoms with Crippen LogP contribution in [0.4, 0.5) is 5.82 Å². The van der Waals surface area contributed by atoms with E-state index in [0.717, 1.165) is 18.7 Å². The Labute approximate surface area is 96.2 Å². The summed E-state index contributed by atoms with van der Waals surface area (Å²) in [6, 6.07) is 4.55. The van der Waals surface area contributed by atoms with Crippen molar-refractivity contribution < 1.29 is 0 Å². The topological polar surface area (TPSA) is 24.9 Å². The molecule has 1 aromatic heterocycles. The van der Waals surface area contributed by atoms with Gasteiger partial charge in [0.15, 0.2) is 0 Å². The monoisotopic (exact) mass is 222 g/mol. The van der Waals surface area contributed by atoms with Gasteiger partial charge in [-0.2, -0.15) is 0 Å². The van der Waals surface area contributed by atoms with E-state index in [1.807, 2.05) is 18.3 Å². The van der Waals surface area contributed by atoms with Crippen molar-refractivity contribution in [3.8, 4) is 0 Å². The van der Waals surface area contributed by atoms with Crippen LogP contribution < -0.4 is 5.32 Å². The third kappa shape index (κ3) is 4.38. The van der Waals surface area contributed by atoms with Gasteiger partial charge in [-0.05, 0) is 38.2 Å². The maximum atomic E-state index is 4.34. The molecule has 82 valence electrons.